The summed E-state index contributed by atoms with van der Waals surface area (Å²) in [5.41, 5.74) is 4.05. The lowest BCUT2D eigenvalue weighted by atomic mass is 9.92. The minimum Gasteiger partial charge on any atom is -0.480 e. The van der Waals surface area contributed by atoms with Gasteiger partial charge in [0.2, 0.25) is 11.8 Å². The molecule has 0 unspecified atom stereocenters. The van der Waals surface area contributed by atoms with Crippen molar-refractivity contribution in [1.82, 2.24) is 10.6 Å². The molecular weight excluding hydrogens is 428 g/mol. The van der Waals surface area contributed by atoms with Gasteiger partial charge in [-0.2, -0.15) is 0 Å². The summed E-state index contributed by atoms with van der Waals surface area (Å²) in [7, 11) is 0. The summed E-state index contributed by atoms with van der Waals surface area (Å²) in [6.07, 6.45) is -0.0286. The normalized spacial score (nSPS) is 13.6. The minimum absolute atomic E-state index is 0.0581. The molecule has 3 aromatic carbocycles. The maximum Gasteiger partial charge on any atom is 0.320 e. The Bertz CT molecular complexity index is 1170. The fraction of sp³-hybridized carbons (Fsp3) is 0.250. The van der Waals surface area contributed by atoms with E-state index in [1.54, 1.807) is 0 Å². The van der Waals surface area contributed by atoms with Crippen molar-refractivity contribution in [2.75, 3.05) is 0 Å². The number of carbonyl (C=O) groups is 3. The maximum absolute atomic E-state index is 13.1. The Hall–Kier alpha value is -3.77. The number of aliphatic carboxylic acids is 1. The number of imide groups is 1. The van der Waals surface area contributed by atoms with Crippen LogP contribution in [-0.4, -0.2) is 28.9 Å². The van der Waals surface area contributed by atoms with E-state index in [0.717, 1.165) is 27.8 Å². The van der Waals surface area contributed by atoms with Crippen LogP contribution in [-0.2, 0) is 19.9 Å². The highest BCUT2D eigenvalue weighted by Crippen LogP contribution is 2.44. The summed E-state index contributed by atoms with van der Waals surface area (Å²) in [6.45, 7) is 3.80. The van der Waals surface area contributed by atoms with Gasteiger partial charge in [-0.1, -0.05) is 78.9 Å². The van der Waals surface area contributed by atoms with Gasteiger partial charge in [0.25, 0.3) is 0 Å². The van der Waals surface area contributed by atoms with E-state index in [4.69, 9.17) is 0 Å². The highest BCUT2D eigenvalue weighted by atomic mass is 16.4. The van der Waals surface area contributed by atoms with Gasteiger partial charge in [-0.15, -0.1) is 0 Å². The summed E-state index contributed by atoms with van der Waals surface area (Å²) < 4.78 is 0. The molecule has 2 amide bonds. The third-order valence-electron chi connectivity index (χ3n) is 6.35. The van der Waals surface area contributed by atoms with Crippen molar-refractivity contribution in [2.24, 2.45) is 0 Å². The topological polar surface area (TPSA) is 95.5 Å². The molecule has 6 heteroatoms. The molecule has 0 aromatic heterocycles. The molecule has 1 aliphatic carbocycles. The Kier molecular flexibility index (Phi) is 6.61. The quantitative estimate of drug-likeness (QED) is 0.472. The van der Waals surface area contributed by atoms with Crippen LogP contribution < -0.4 is 10.6 Å². The van der Waals surface area contributed by atoms with Gasteiger partial charge in [-0.3, -0.25) is 25.0 Å². The van der Waals surface area contributed by atoms with Crippen LogP contribution in [0.2, 0.25) is 0 Å². The Balaban J connectivity index is 1.41. The lowest BCUT2D eigenvalue weighted by Gasteiger charge is -2.30. The van der Waals surface area contributed by atoms with Crippen molar-refractivity contribution < 1.29 is 19.5 Å². The number of benzene rings is 3. The van der Waals surface area contributed by atoms with Gasteiger partial charge in [-0.05, 0) is 48.1 Å². The van der Waals surface area contributed by atoms with E-state index in [1.807, 2.05) is 92.7 Å². The van der Waals surface area contributed by atoms with Gasteiger partial charge in [0.05, 0.1) is 5.92 Å². The standard InChI is InChI=1S/C28H28N2O4/c1-28(2,18-10-4-3-5-11-18)30-23(27(33)34)16-17-24(31)29-26(32)25-21-14-8-6-12-19(21)20-13-7-9-15-22(20)25/h3-15,23,25,30H,16-17H2,1-2H3,(H,33,34)(H,29,31,32)/t23-/m0/s1. The Morgan fingerprint density at radius 2 is 1.38 bits per heavy atom. The molecular formula is C28H28N2O4. The molecule has 0 saturated carbocycles. The molecule has 0 aliphatic heterocycles. The van der Waals surface area contributed by atoms with Gasteiger partial charge in [0.1, 0.15) is 6.04 Å². The molecule has 0 spiro atoms. The van der Waals surface area contributed by atoms with Gasteiger partial charge in [0, 0.05) is 12.0 Å². The molecule has 4 rings (SSSR count). The molecule has 3 N–H and O–H groups in total. The van der Waals surface area contributed by atoms with Crippen LogP contribution in [0.3, 0.4) is 0 Å². The number of hydrogen-bond acceptors (Lipinski definition) is 4. The molecule has 34 heavy (non-hydrogen) atoms. The zero-order valence-electron chi connectivity index (χ0n) is 19.2. The van der Waals surface area contributed by atoms with E-state index < -0.39 is 35.3 Å². The zero-order valence-corrected chi connectivity index (χ0v) is 19.2. The van der Waals surface area contributed by atoms with Crippen molar-refractivity contribution in [3.8, 4) is 11.1 Å². The second-order valence-electron chi connectivity index (χ2n) is 9.08. The van der Waals surface area contributed by atoms with Gasteiger partial charge >= 0.3 is 5.97 Å². The number of nitrogens with one attached hydrogen (secondary N) is 2. The summed E-state index contributed by atoms with van der Waals surface area (Å²) >= 11 is 0. The van der Waals surface area contributed by atoms with Crippen molar-refractivity contribution in [3.05, 3.63) is 95.6 Å². The van der Waals surface area contributed by atoms with E-state index in [-0.39, 0.29) is 12.8 Å². The second-order valence-corrected chi connectivity index (χ2v) is 9.08. The monoisotopic (exact) mass is 456 g/mol. The van der Waals surface area contributed by atoms with Crippen LogP contribution in [0.4, 0.5) is 0 Å². The SMILES string of the molecule is CC(C)(N[C@@H](CCC(=O)NC(=O)C1c2ccccc2-c2ccccc21)C(=O)O)c1ccccc1. The molecule has 0 saturated heterocycles. The van der Waals surface area contributed by atoms with Crippen molar-refractivity contribution in [3.63, 3.8) is 0 Å². The fourth-order valence-corrected chi connectivity index (χ4v) is 4.62. The van der Waals surface area contributed by atoms with E-state index in [2.05, 4.69) is 10.6 Å². The smallest absolute Gasteiger partial charge is 0.320 e. The van der Waals surface area contributed by atoms with Crippen LogP contribution in [0.5, 0.6) is 0 Å². The van der Waals surface area contributed by atoms with Crippen molar-refractivity contribution in [1.29, 1.82) is 0 Å². The summed E-state index contributed by atoms with van der Waals surface area (Å²) in [4.78, 5) is 37.6. The summed E-state index contributed by atoms with van der Waals surface area (Å²) in [5, 5.41) is 15.3. The number of carbonyl (C=O) groups excluding carboxylic acids is 2. The van der Waals surface area contributed by atoms with Crippen LogP contribution >= 0.6 is 0 Å². The summed E-state index contributed by atoms with van der Waals surface area (Å²) in [5.74, 6) is -2.49. The molecule has 0 fully saturated rings. The first-order valence-corrected chi connectivity index (χ1v) is 11.4. The predicted molar refractivity (Wildman–Crippen MR) is 130 cm³/mol. The third kappa shape index (κ3) is 4.77. The first-order chi connectivity index (χ1) is 16.3. The first kappa shape index (κ1) is 23.4. The van der Waals surface area contributed by atoms with E-state index >= 15 is 0 Å². The average molecular weight is 457 g/mol. The molecule has 0 bridgehead atoms. The Morgan fingerprint density at radius 1 is 0.853 bits per heavy atom. The second kappa shape index (κ2) is 9.61. The summed E-state index contributed by atoms with van der Waals surface area (Å²) in [6, 6.07) is 24.0. The number of fused-ring (bicyclic) bond motifs is 3. The first-order valence-electron chi connectivity index (χ1n) is 11.4. The van der Waals surface area contributed by atoms with Crippen molar-refractivity contribution >= 4 is 17.8 Å². The van der Waals surface area contributed by atoms with Gasteiger partial charge in [-0.25, -0.2) is 0 Å². The number of amides is 2. The highest BCUT2D eigenvalue weighted by molar-refractivity contribution is 6.03. The predicted octanol–water partition coefficient (Wildman–Crippen LogP) is 4.20. The number of carboxylic acid groups (broad SMARTS) is 1. The van der Waals surface area contributed by atoms with Crippen LogP contribution in [0.1, 0.15) is 49.3 Å². The maximum atomic E-state index is 13.1. The number of carboxylic acids is 1. The molecule has 1 aliphatic rings. The molecule has 0 radical (unpaired) electrons. The van der Waals surface area contributed by atoms with Gasteiger partial charge < -0.3 is 5.11 Å². The third-order valence-corrected chi connectivity index (χ3v) is 6.35. The van der Waals surface area contributed by atoms with Crippen molar-refractivity contribution in [2.45, 2.75) is 44.2 Å². The average Bonchev–Trinajstić information content (AvgIpc) is 3.17. The molecule has 1 atom stereocenters. The van der Waals surface area contributed by atoms with Crippen LogP contribution in [0, 0.1) is 0 Å². The van der Waals surface area contributed by atoms with E-state index in [1.165, 1.54) is 0 Å². The molecule has 174 valence electrons. The van der Waals surface area contributed by atoms with E-state index in [0.29, 0.717) is 0 Å². The lowest BCUT2D eigenvalue weighted by Crippen LogP contribution is -2.48. The molecule has 3 aromatic rings. The van der Waals surface area contributed by atoms with Crippen LogP contribution in [0.25, 0.3) is 11.1 Å². The lowest BCUT2D eigenvalue weighted by molar-refractivity contribution is -0.140. The number of hydrogen-bond donors (Lipinski definition) is 3. The van der Waals surface area contributed by atoms with Gasteiger partial charge in [0.15, 0.2) is 0 Å². The Morgan fingerprint density at radius 3 is 1.94 bits per heavy atom. The largest absolute Gasteiger partial charge is 0.480 e. The van der Waals surface area contributed by atoms with Crippen LogP contribution in [0.15, 0.2) is 78.9 Å². The molecule has 6 nitrogen and oxygen atoms in total. The minimum atomic E-state index is -1.04. The Labute approximate surface area is 199 Å². The van der Waals surface area contributed by atoms with E-state index in [9.17, 15) is 19.5 Å². The number of rotatable bonds is 8. The fourth-order valence-electron chi connectivity index (χ4n) is 4.62. The highest BCUT2D eigenvalue weighted by Gasteiger charge is 2.34. The molecule has 0 heterocycles. The zero-order chi connectivity index (χ0) is 24.3.